The van der Waals surface area contributed by atoms with Crippen molar-refractivity contribution in [2.24, 2.45) is 0 Å². The van der Waals surface area contributed by atoms with Crippen molar-refractivity contribution in [2.75, 3.05) is 18.4 Å². The second-order valence-corrected chi connectivity index (χ2v) is 6.98. The molecule has 10 heteroatoms. The van der Waals surface area contributed by atoms with Crippen molar-refractivity contribution in [1.82, 2.24) is 25.2 Å². The van der Waals surface area contributed by atoms with Crippen LogP contribution in [0.15, 0.2) is 30.6 Å². The Morgan fingerprint density at radius 3 is 2.69 bits per heavy atom. The van der Waals surface area contributed by atoms with E-state index in [1.165, 1.54) is 6.92 Å². The van der Waals surface area contributed by atoms with Gasteiger partial charge in [0.15, 0.2) is 0 Å². The number of piperidine rings is 1. The van der Waals surface area contributed by atoms with Crippen LogP contribution < -0.4 is 10.6 Å². The van der Waals surface area contributed by atoms with Crippen LogP contribution in [0.1, 0.15) is 35.8 Å². The zero-order valence-corrected chi connectivity index (χ0v) is 16.2. The van der Waals surface area contributed by atoms with Crippen LogP contribution in [-0.2, 0) is 4.79 Å². The third kappa shape index (κ3) is 5.21. The minimum atomic E-state index is -2.98. The molecule has 2 N–H and O–H groups in total. The summed E-state index contributed by atoms with van der Waals surface area (Å²) in [6.07, 6.45) is 2.87. The van der Waals surface area contributed by atoms with Crippen molar-refractivity contribution in [3.8, 4) is 0 Å². The number of carbonyl (C=O) groups is 2. The van der Waals surface area contributed by atoms with Crippen molar-refractivity contribution in [1.29, 1.82) is 0 Å². The molecule has 1 fully saturated rings. The predicted octanol–water partition coefficient (Wildman–Crippen LogP) is 2.30. The number of aryl methyl sites for hydroxylation is 1. The fourth-order valence-corrected chi connectivity index (χ4v) is 3.13. The first kappa shape index (κ1) is 20.6. The summed E-state index contributed by atoms with van der Waals surface area (Å²) >= 11 is 0. The molecule has 154 valence electrons. The Hall–Kier alpha value is -3.17. The van der Waals surface area contributed by atoms with E-state index in [4.69, 9.17) is 0 Å². The highest BCUT2D eigenvalue weighted by Crippen LogP contribution is 2.31. The molecule has 3 heterocycles. The van der Waals surface area contributed by atoms with E-state index in [0.717, 1.165) is 4.90 Å². The zero-order chi connectivity index (χ0) is 21.0. The number of hydrogen-bond donors (Lipinski definition) is 2. The fraction of sp³-hybridized carbons (Fsp3) is 0.421. The van der Waals surface area contributed by atoms with E-state index in [0.29, 0.717) is 17.3 Å². The van der Waals surface area contributed by atoms with Gasteiger partial charge in [-0.15, -0.1) is 0 Å². The number of anilines is 2. The van der Waals surface area contributed by atoms with Gasteiger partial charge in [-0.1, -0.05) is 6.07 Å². The smallest absolute Gasteiger partial charge is 0.273 e. The molecule has 0 spiro atoms. The van der Waals surface area contributed by atoms with Crippen molar-refractivity contribution < 1.29 is 18.4 Å². The van der Waals surface area contributed by atoms with Crippen LogP contribution in [0, 0.1) is 6.92 Å². The number of amides is 2. The number of alkyl halides is 2. The molecule has 0 bridgehead atoms. The first-order chi connectivity index (χ1) is 13.7. The minimum Gasteiger partial charge on any atom is -0.354 e. The number of halogens is 2. The summed E-state index contributed by atoms with van der Waals surface area (Å²) in [6, 6.07) is 4.47. The van der Waals surface area contributed by atoms with Crippen molar-refractivity contribution in [3.05, 3.63) is 41.9 Å². The molecule has 2 aromatic heterocycles. The largest absolute Gasteiger partial charge is 0.354 e. The number of nitrogens with one attached hydrogen (secondary N) is 2. The molecule has 29 heavy (non-hydrogen) atoms. The first-order valence-corrected chi connectivity index (χ1v) is 9.20. The lowest BCUT2D eigenvalue weighted by Gasteiger charge is -2.39. The second kappa shape index (κ2) is 8.46. The fourth-order valence-electron chi connectivity index (χ4n) is 3.13. The van der Waals surface area contributed by atoms with Crippen LogP contribution >= 0.6 is 0 Å². The second-order valence-electron chi connectivity index (χ2n) is 6.98. The Kier molecular flexibility index (Phi) is 6.00. The Morgan fingerprint density at radius 2 is 2.00 bits per heavy atom. The topological polar surface area (TPSA) is 100 Å². The molecule has 2 amide bonds. The number of aromatic nitrogens is 3. The van der Waals surface area contributed by atoms with Gasteiger partial charge in [0.25, 0.3) is 11.8 Å². The predicted molar refractivity (Wildman–Crippen MR) is 102 cm³/mol. The van der Waals surface area contributed by atoms with E-state index in [9.17, 15) is 18.4 Å². The Balaban J connectivity index is 1.85. The van der Waals surface area contributed by atoms with Gasteiger partial charge >= 0.3 is 0 Å². The Labute approximate surface area is 166 Å². The number of rotatable bonds is 5. The molecular weight excluding hydrogens is 382 g/mol. The van der Waals surface area contributed by atoms with Crippen LogP contribution in [0.25, 0.3) is 0 Å². The maximum Gasteiger partial charge on any atom is 0.273 e. The molecule has 0 aliphatic carbocycles. The highest BCUT2D eigenvalue weighted by molar-refractivity contribution is 5.94. The van der Waals surface area contributed by atoms with Gasteiger partial charge < -0.3 is 15.5 Å². The van der Waals surface area contributed by atoms with Crippen LogP contribution in [-0.4, -0.2) is 56.7 Å². The molecule has 1 unspecified atom stereocenters. The molecule has 1 aliphatic rings. The lowest BCUT2D eigenvalue weighted by Crippen LogP contribution is -2.55. The van der Waals surface area contributed by atoms with E-state index in [-0.39, 0.29) is 31.0 Å². The highest BCUT2D eigenvalue weighted by atomic mass is 19.3. The molecule has 1 aliphatic heterocycles. The van der Waals surface area contributed by atoms with Gasteiger partial charge in [0.2, 0.25) is 11.9 Å². The number of pyridine rings is 1. The normalized spacial score (nSPS) is 18.2. The van der Waals surface area contributed by atoms with Crippen molar-refractivity contribution in [3.63, 3.8) is 0 Å². The van der Waals surface area contributed by atoms with Crippen LogP contribution in [0.4, 0.5) is 20.5 Å². The summed E-state index contributed by atoms with van der Waals surface area (Å²) in [5.41, 5.74) is 0.623. The summed E-state index contributed by atoms with van der Waals surface area (Å²) in [5.74, 6) is -3.24. The molecule has 8 nitrogen and oxygen atoms in total. The lowest BCUT2D eigenvalue weighted by atomic mass is 9.98. The Bertz CT molecular complexity index is 894. The quantitative estimate of drug-likeness (QED) is 0.793. The van der Waals surface area contributed by atoms with Gasteiger partial charge in [0, 0.05) is 38.3 Å². The highest BCUT2D eigenvalue weighted by Gasteiger charge is 2.42. The summed E-state index contributed by atoms with van der Waals surface area (Å²) in [7, 11) is 0. The average molecular weight is 404 g/mol. The standard InChI is InChI=1S/C19H22F2N6O2/c1-12-4-5-15(26-18-22-8-3-9-23-18)25-16(12)17(29)27-11-19(20,21)7-6-14(27)10-24-13(2)28/h3-5,8-9,14H,6-7,10-11H2,1-2H3,(H,24,28)(H,22,23,25,26). The summed E-state index contributed by atoms with van der Waals surface area (Å²) in [5, 5.41) is 5.50. The molecule has 0 radical (unpaired) electrons. The number of nitrogens with zero attached hydrogens (tertiary/aromatic N) is 4. The zero-order valence-electron chi connectivity index (χ0n) is 16.2. The molecular formula is C19H22F2N6O2. The SMILES string of the molecule is CC(=O)NCC1CCC(F)(F)CN1C(=O)c1nc(Nc2ncccn2)ccc1C. The lowest BCUT2D eigenvalue weighted by molar-refractivity contribution is -0.119. The maximum atomic E-state index is 14.0. The third-order valence-corrected chi connectivity index (χ3v) is 4.64. The monoisotopic (exact) mass is 404 g/mol. The van der Waals surface area contributed by atoms with E-state index in [1.54, 1.807) is 37.5 Å². The molecule has 3 rings (SSSR count). The molecule has 2 aromatic rings. The van der Waals surface area contributed by atoms with Gasteiger partial charge in [-0.05, 0) is 31.0 Å². The van der Waals surface area contributed by atoms with Gasteiger partial charge in [-0.3, -0.25) is 9.59 Å². The number of carbonyl (C=O) groups excluding carboxylic acids is 2. The summed E-state index contributed by atoms with van der Waals surface area (Å²) < 4.78 is 28.1. The Morgan fingerprint density at radius 1 is 1.28 bits per heavy atom. The van der Waals surface area contributed by atoms with E-state index >= 15 is 0 Å². The van der Waals surface area contributed by atoms with Gasteiger partial charge in [0.1, 0.15) is 11.5 Å². The molecule has 1 saturated heterocycles. The van der Waals surface area contributed by atoms with Gasteiger partial charge in [-0.2, -0.15) is 0 Å². The van der Waals surface area contributed by atoms with E-state index in [2.05, 4.69) is 25.6 Å². The maximum absolute atomic E-state index is 14.0. The van der Waals surface area contributed by atoms with Crippen LogP contribution in [0.2, 0.25) is 0 Å². The summed E-state index contributed by atoms with van der Waals surface area (Å²) in [4.78, 5) is 37.8. The van der Waals surface area contributed by atoms with Gasteiger partial charge in [-0.25, -0.2) is 23.7 Å². The van der Waals surface area contributed by atoms with Crippen molar-refractivity contribution in [2.45, 2.75) is 38.7 Å². The van der Waals surface area contributed by atoms with Crippen molar-refractivity contribution >= 4 is 23.6 Å². The first-order valence-electron chi connectivity index (χ1n) is 9.20. The number of hydrogen-bond acceptors (Lipinski definition) is 6. The van der Waals surface area contributed by atoms with Gasteiger partial charge in [0.05, 0.1) is 6.54 Å². The summed E-state index contributed by atoms with van der Waals surface area (Å²) in [6.45, 7) is 2.44. The molecule has 1 atom stereocenters. The average Bonchev–Trinajstić information content (AvgIpc) is 2.68. The van der Waals surface area contributed by atoms with Crippen LogP contribution in [0.5, 0.6) is 0 Å². The van der Waals surface area contributed by atoms with E-state index < -0.39 is 24.4 Å². The number of likely N-dealkylation sites (tertiary alicyclic amines) is 1. The molecule has 0 saturated carbocycles. The third-order valence-electron chi connectivity index (χ3n) is 4.64. The minimum absolute atomic E-state index is 0.0662. The molecule has 0 aromatic carbocycles. The van der Waals surface area contributed by atoms with E-state index in [1.807, 2.05) is 0 Å². The van der Waals surface area contributed by atoms with Crippen LogP contribution in [0.3, 0.4) is 0 Å².